The quantitative estimate of drug-likeness (QED) is 0.865. The van der Waals surface area contributed by atoms with E-state index in [1.165, 1.54) is 0 Å². The SMILES string of the molecule is CCOc1cc(NC(=O)[C@H]2CCCNC2)ccc1OC. The Morgan fingerprint density at radius 1 is 1.45 bits per heavy atom. The third-order valence-electron chi connectivity index (χ3n) is 3.40. The van der Waals surface area contributed by atoms with Crippen LogP contribution in [0.25, 0.3) is 0 Å². The molecule has 1 aromatic rings. The van der Waals surface area contributed by atoms with E-state index in [-0.39, 0.29) is 11.8 Å². The summed E-state index contributed by atoms with van der Waals surface area (Å²) < 4.78 is 10.7. The average molecular weight is 278 g/mol. The molecule has 0 saturated carbocycles. The monoisotopic (exact) mass is 278 g/mol. The zero-order chi connectivity index (χ0) is 14.4. The molecule has 1 saturated heterocycles. The van der Waals surface area contributed by atoms with Gasteiger partial charge in [-0.05, 0) is 38.4 Å². The van der Waals surface area contributed by atoms with Crippen LogP contribution in [0.5, 0.6) is 11.5 Å². The number of carbonyl (C=O) groups excluding carboxylic acids is 1. The molecule has 1 amide bonds. The van der Waals surface area contributed by atoms with Crippen LogP contribution in [0.2, 0.25) is 0 Å². The number of amides is 1. The lowest BCUT2D eigenvalue weighted by Gasteiger charge is -2.22. The van der Waals surface area contributed by atoms with Gasteiger partial charge in [0.05, 0.1) is 19.6 Å². The summed E-state index contributed by atoms with van der Waals surface area (Å²) in [6.45, 7) is 4.22. The number of carbonyl (C=O) groups is 1. The summed E-state index contributed by atoms with van der Waals surface area (Å²) in [5.74, 6) is 1.42. The van der Waals surface area contributed by atoms with E-state index in [0.717, 1.165) is 31.6 Å². The van der Waals surface area contributed by atoms with E-state index in [4.69, 9.17) is 9.47 Å². The minimum Gasteiger partial charge on any atom is -0.493 e. The van der Waals surface area contributed by atoms with Gasteiger partial charge >= 0.3 is 0 Å². The summed E-state index contributed by atoms with van der Waals surface area (Å²) in [4.78, 5) is 12.2. The molecule has 20 heavy (non-hydrogen) atoms. The third kappa shape index (κ3) is 3.63. The van der Waals surface area contributed by atoms with Gasteiger partial charge in [-0.1, -0.05) is 0 Å². The van der Waals surface area contributed by atoms with Gasteiger partial charge in [0.2, 0.25) is 5.91 Å². The topological polar surface area (TPSA) is 59.6 Å². The van der Waals surface area contributed by atoms with Gasteiger partial charge in [-0.25, -0.2) is 0 Å². The molecule has 0 radical (unpaired) electrons. The van der Waals surface area contributed by atoms with Crippen molar-refractivity contribution in [2.45, 2.75) is 19.8 Å². The first-order valence-corrected chi connectivity index (χ1v) is 7.07. The maximum absolute atomic E-state index is 12.2. The maximum Gasteiger partial charge on any atom is 0.228 e. The van der Waals surface area contributed by atoms with E-state index in [2.05, 4.69) is 10.6 Å². The van der Waals surface area contributed by atoms with Crippen molar-refractivity contribution in [2.24, 2.45) is 5.92 Å². The van der Waals surface area contributed by atoms with E-state index in [1.807, 2.05) is 13.0 Å². The fourth-order valence-corrected chi connectivity index (χ4v) is 2.34. The highest BCUT2D eigenvalue weighted by molar-refractivity contribution is 5.93. The molecule has 1 aliphatic heterocycles. The van der Waals surface area contributed by atoms with Crippen LogP contribution < -0.4 is 20.1 Å². The van der Waals surface area contributed by atoms with E-state index in [0.29, 0.717) is 18.1 Å². The Bertz CT molecular complexity index is 456. The molecular weight excluding hydrogens is 256 g/mol. The van der Waals surface area contributed by atoms with Crippen LogP contribution in [0.4, 0.5) is 5.69 Å². The standard InChI is InChI=1S/C15H22N2O3/c1-3-20-14-9-12(6-7-13(14)19-2)17-15(18)11-5-4-8-16-10-11/h6-7,9,11,16H,3-5,8,10H2,1-2H3,(H,17,18)/t11-/m0/s1. The zero-order valence-corrected chi connectivity index (χ0v) is 12.1. The van der Waals surface area contributed by atoms with Crippen molar-refractivity contribution in [1.82, 2.24) is 5.32 Å². The van der Waals surface area contributed by atoms with E-state index in [9.17, 15) is 4.79 Å². The van der Waals surface area contributed by atoms with Gasteiger partial charge in [0.15, 0.2) is 11.5 Å². The molecule has 1 aliphatic rings. The molecule has 0 bridgehead atoms. The predicted molar refractivity (Wildman–Crippen MR) is 78.4 cm³/mol. The second-order valence-corrected chi connectivity index (χ2v) is 4.83. The number of rotatable bonds is 5. The Morgan fingerprint density at radius 3 is 2.95 bits per heavy atom. The number of hydrogen-bond acceptors (Lipinski definition) is 4. The van der Waals surface area contributed by atoms with E-state index >= 15 is 0 Å². The van der Waals surface area contributed by atoms with Gasteiger partial charge in [0.1, 0.15) is 0 Å². The van der Waals surface area contributed by atoms with Crippen molar-refractivity contribution < 1.29 is 14.3 Å². The Kier molecular flexibility index (Phi) is 5.24. The number of anilines is 1. The summed E-state index contributed by atoms with van der Waals surface area (Å²) in [6, 6.07) is 5.44. The number of ether oxygens (including phenoxy) is 2. The van der Waals surface area contributed by atoms with Crippen molar-refractivity contribution in [3.8, 4) is 11.5 Å². The second kappa shape index (κ2) is 7.14. The molecule has 0 aliphatic carbocycles. The van der Waals surface area contributed by atoms with Crippen LogP contribution >= 0.6 is 0 Å². The van der Waals surface area contributed by atoms with Crippen LogP contribution in [0.3, 0.4) is 0 Å². The first-order valence-electron chi connectivity index (χ1n) is 7.07. The van der Waals surface area contributed by atoms with Gasteiger partial charge in [0.25, 0.3) is 0 Å². The van der Waals surface area contributed by atoms with Gasteiger partial charge in [-0.15, -0.1) is 0 Å². The van der Waals surface area contributed by atoms with E-state index < -0.39 is 0 Å². The first-order chi connectivity index (χ1) is 9.74. The molecule has 5 heteroatoms. The number of hydrogen-bond donors (Lipinski definition) is 2. The summed E-state index contributed by atoms with van der Waals surface area (Å²) in [6.07, 6.45) is 1.98. The normalized spacial score (nSPS) is 18.4. The van der Waals surface area contributed by atoms with Crippen LogP contribution in [-0.2, 0) is 4.79 Å². The Labute approximate surface area is 119 Å². The molecular formula is C15H22N2O3. The lowest BCUT2D eigenvalue weighted by atomic mass is 9.99. The Balaban J connectivity index is 2.04. The number of nitrogens with one attached hydrogen (secondary N) is 2. The fourth-order valence-electron chi connectivity index (χ4n) is 2.34. The fraction of sp³-hybridized carbons (Fsp3) is 0.533. The summed E-state index contributed by atoms with van der Waals surface area (Å²) in [5, 5.41) is 6.19. The van der Waals surface area contributed by atoms with Gasteiger partial charge in [-0.2, -0.15) is 0 Å². The van der Waals surface area contributed by atoms with Gasteiger partial charge < -0.3 is 20.1 Å². The van der Waals surface area contributed by atoms with E-state index in [1.54, 1.807) is 19.2 Å². The first kappa shape index (κ1) is 14.7. The molecule has 0 spiro atoms. The molecule has 110 valence electrons. The highest BCUT2D eigenvalue weighted by Gasteiger charge is 2.21. The average Bonchev–Trinajstić information content (AvgIpc) is 2.49. The summed E-state index contributed by atoms with van der Waals surface area (Å²) >= 11 is 0. The van der Waals surface area contributed by atoms with Crippen LogP contribution in [-0.4, -0.2) is 32.7 Å². The molecule has 1 heterocycles. The minimum absolute atomic E-state index is 0.0430. The maximum atomic E-state index is 12.2. The van der Waals surface area contributed by atoms with Gasteiger partial charge in [-0.3, -0.25) is 4.79 Å². The molecule has 2 N–H and O–H groups in total. The largest absolute Gasteiger partial charge is 0.493 e. The molecule has 0 unspecified atom stereocenters. The Hall–Kier alpha value is -1.75. The van der Waals surface area contributed by atoms with Crippen molar-refractivity contribution in [2.75, 3.05) is 32.1 Å². The van der Waals surface area contributed by atoms with Crippen molar-refractivity contribution in [3.05, 3.63) is 18.2 Å². The molecule has 1 fully saturated rings. The molecule has 0 aromatic heterocycles. The zero-order valence-electron chi connectivity index (χ0n) is 12.1. The molecule has 1 aromatic carbocycles. The predicted octanol–water partition coefficient (Wildman–Crippen LogP) is 2.03. The number of methoxy groups -OCH3 is 1. The van der Waals surface area contributed by atoms with Crippen molar-refractivity contribution >= 4 is 11.6 Å². The Morgan fingerprint density at radius 2 is 2.30 bits per heavy atom. The second-order valence-electron chi connectivity index (χ2n) is 4.83. The highest BCUT2D eigenvalue weighted by Crippen LogP contribution is 2.30. The summed E-state index contributed by atoms with van der Waals surface area (Å²) in [7, 11) is 1.60. The van der Waals surface area contributed by atoms with Crippen LogP contribution in [0, 0.1) is 5.92 Å². The minimum atomic E-state index is 0.0430. The number of benzene rings is 1. The third-order valence-corrected chi connectivity index (χ3v) is 3.40. The molecule has 2 rings (SSSR count). The number of piperidine rings is 1. The van der Waals surface area contributed by atoms with Crippen molar-refractivity contribution in [1.29, 1.82) is 0 Å². The van der Waals surface area contributed by atoms with Crippen molar-refractivity contribution in [3.63, 3.8) is 0 Å². The van der Waals surface area contributed by atoms with Gasteiger partial charge in [0, 0.05) is 18.3 Å². The molecule has 1 atom stereocenters. The van der Waals surface area contributed by atoms with Crippen LogP contribution in [0.15, 0.2) is 18.2 Å². The highest BCUT2D eigenvalue weighted by atomic mass is 16.5. The smallest absolute Gasteiger partial charge is 0.228 e. The molecule has 5 nitrogen and oxygen atoms in total. The summed E-state index contributed by atoms with van der Waals surface area (Å²) in [5.41, 5.74) is 0.741. The lowest BCUT2D eigenvalue weighted by Crippen LogP contribution is -2.37. The van der Waals surface area contributed by atoms with Crippen LogP contribution in [0.1, 0.15) is 19.8 Å². The lowest BCUT2D eigenvalue weighted by molar-refractivity contribution is -0.120.